The van der Waals surface area contributed by atoms with Gasteiger partial charge in [0.05, 0.1) is 16.4 Å². The Bertz CT molecular complexity index is 599. The van der Waals surface area contributed by atoms with Gasteiger partial charge in [-0.1, -0.05) is 34.1 Å². The van der Waals surface area contributed by atoms with Gasteiger partial charge in [-0.05, 0) is 57.7 Å². The molecule has 2 aromatic rings. The number of methoxy groups -OCH3 is 1. The average Bonchev–Trinajstić information content (AvgIpc) is 2.41. The molecule has 4 heteroatoms. The van der Waals surface area contributed by atoms with Crippen LogP contribution >= 0.6 is 31.9 Å². The maximum absolute atomic E-state index is 13.6. The molecule has 0 spiro atoms. The smallest absolute Gasteiger partial charge is 0.137 e. The van der Waals surface area contributed by atoms with Crippen molar-refractivity contribution in [3.63, 3.8) is 0 Å². The first-order valence-electron chi connectivity index (χ1n) is 5.77. The van der Waals surface area contributed by atoms with Crippen molar-refractivity contribution in [3.05, 3.63) is 63.4 Å². The summed E-state index contributed by atoms with van der Waals surface area (Å²) in [5, 5.41) is 0. The van der Waals surface area contributed by atoms with E-state index in [9.17, 15) is 4.39 Å². The van der Waals surface area contributed by atoms with Crippen LogP contribution in [0, 0.1) is 12.7 Å². The van der Waals surface area contributed by atoms with E-state index in [1.54, 1.807) is 13.2 Å². The highest BCUT2D eigenvalue weighted by molar-refractivity contribution is 9.11. The van der Waals surface area contributed by atoms with E-state index < -0.39 is 0 Å². The SMILES string of the molecule is COc1ccc(C(Br)c2cccc(F)c2Br)c(C)c1. The standard InChI is InChI=1S/C15H13Br2FO/c1-9-8-10(19-2)6-7-11(9)14(16)12-4-3-5-13(18)15(12)17/h3-8,14H,1-2H3. The van der Waals surface area contributed by atoms with E-state index in [0.29, 0.717) is 4.47 Å². The predicted octanol–water partition coefficient (Wildman–Crippen LogP) is 5.39. The first-order valence-corrected chi connectivity index (χ1v) is 7.48. The number of aryl methyl sites for hydroxylation is 1. The molecule has 0 aliphatic carbocycles. The zero-order valence-corrected chi connectivity index (χ0v) is 13.8. The summed E-state index contributed by atoms with van der Waals surface area (Å²) in [6.45, 7) is 2.01. The van der Waals surface area contributed by atoms with Gasteiger partial charge in [-0.25, -0.2) is 4.39 Å². The van der Waals surface area contributed by atoms with Gasteiger partial charge in [0.2, 0.25) is 0 Å². The third-order valence-electron chi connectivity index (χ3n) is 3.00. The second-order valence-corrected chi connectivity index (χ2v) is 5.94. The molecule has 0 aliphatic rings. The van der Waals surface area contributed by atoms with Gasteiger partial charge in [-0.15, -0.1) is 0 Å². The molecule has 2 rings (SSSR count). The van der Waals surface area contributed by atoms with Gasteiger partial charge in [-0.3, -0.25) is 0 Å². The molecular formula is C15H13Br2FO. The van der Waals surface area contributed by atoms with Gasteiger partial charge in [0.1, 0.15) is 11.6 Å². The number of halogens is 3. The molecule has 100 valence electrons. The predicted molar refractivity (Wildman–Crippen MR) is 82.6 cm³/mol. The van der Waals surface area contributed by atoms with Crippen molar-refractivity contribution in [2.45, 2.75) is 11.8 Å². The molecule has 0 amide bonds. The molecule has 0 bridgehead atoms. The third-order valence-corrected chi connectivity index (χ3v) is 4.83. The minimum Gasteiger partial charge on any atom is -0.497 e. The fraction of sp³-hybridized carbons (Fsp3) is 0.200. The van der Waals surface area contributed by atoms with Crippen LogP contribution in [-0.2, 0) is 0 Å². The highest BCUT2D eigenvalue weighted by Crippen LogP contribution is 2.38. The molecule has 19 heavy (non-hydrogen) atoms. The van der Waals surface area contributed by atoms with Crippen LogP contribution < -0.4 is 4.74 Å². The number of ether oxygens (including phenoxy) is 1. The first-order chi connectivity index (χ1) is 9.04. The molecule has 0 radical (unpaired) electrons. The summed E-state index contributed by atoms with van der Waals surface area (Å²) in [6, 6.07) is 10.9. The summed E-state index contributed by atoms with van der Waals surface area (Å²) in [5.41, 5.74) is 3.05. The Balaban J connectivity index is 2.44. The Labute approximate surface area is 129 Å². The molecule has 0 aliphatic heterocycles. The quantitative estimate of drug-likeness (QED) is 0.641. The van der Waals surface area contributed by atoms with Gasteiger partial charge in [0.15, 0.2) is 0 Å². The van der Waals surface area contributed by atoms with E-state index in [1.165, 1.54) is 6.07 Å². The number of hydrogen-bond donors (Lipinski definition) is 0. The van der Waals surface area contributed by atoms with Crippen molar-refractivity contribution < 1.29 is 9.13 Å². The largest absolute Gasteiger partial charge is 0.497 e. The first kappa shape index (κ1) is 14.5. The Kier molecular flexibility index (Phi) is 4.63. The zero-order valence-electron chi connectivity index (χ0n) is 10.6. The summed E-state index contributed by atoms with van der Waals surface area (Å²) >= 11 is 6.94. The highest BCUT2D eigenvalue weighted by atomic mass is 79.9. The molecular weight excluding hydrogens is 375 g/mol. The summed E-state index contributed by atoms with van der Waals surface area (Å²) in [7, 11) is 1.64. The fourth-order valence-corrected chi connectivity index (χ4v) is 3.64. The topological polar surface area (TPSA) is 9.23 Å². The van der Waals surface area contributed by atoms with Gasteiger partial charge in [0, 0.05) is 0 Å². The molecule has 0 N–H and O–H groups in total. The monoisotopic (exact) mass is 386 g/mol. The number of benzene rings is 2. The lowest BCUT2D eigenvalue weighted by Crippen LogP contribution is -1.98. The number of rotatable bonds is 3. The third kappa shape index (κ3) is 3.00. The molecule has 1 atom stereocenters. The van der Waals surface area contributed by atoms with Crippen molar-refractivity contribution in [3.8, 4) is 5.75 Å². The van der Waals surface area contributed by atoms with E-state index >= 15 is 0 Å². The maximum Gasteiger partial charge on any atom is 0.137 e. The van der Waals surface area contributed by atoms with Crippen LogP contribution in [0.15, 0.2) is 40.9 Å². The van der Waals surface area contributed by atoms with E-state index in [1.807, 2.05) is 31.2 Å². The number of alkyl halides is 1. The van der Waals surface area contributed by atoms with E-state index in [4.69, 9.17) is 4.74 Å². The van der Waals surface area contributed by atoms with Crippen LogP contribution in [0.4, 0.5) is 4.39 Å². The van der Waals surface area contributed by atoms with Crippen molar-refractivity contribution in [1.29, 1.82) is 0 Å². The van der Waals surface area contributed by atoms with Crippen LogP contribution in [0.2, 0.25) is 0 Å². The van der Waals surface area contributed by atoms with E-state index in [-0.39, 0.29) is 10.6 Å². The van der Waals surface area contributed by atoms with Crippen molar-refractivity contribution in [2.24, 2.45) is 0 Å². The second kappa shape index (κ2) is 6.06. The van der Waals surface area contributed by atoms with Crippen molar-refractivity contribution >= 4 is 31.9 Å². The van der Waals surface area contributed by atoms with Crippen LogP contribution in [0.3, 0.4) is 0 Å². The van der Waals surface area contributed by atoms with Crippen LogP contribution in [0.5, 0.6) is 5.75 Å². The van der Waals surface area contributed by atoms with Crippen molar-refractivity contribution in [1.82, 2.24) is 0 Å². The van der Waals surface area contributed by atoms with Gasteiger partial charge in [-0.2, -0.15) is 0 Å². The van der Waals surface area contributed by atoms with E-state index in [0.717, 1.165) is 22.4 Å². The molecule has 0 fully saturated rings. The average molecular weight is 388 g/mol. The Morgan fingerprint density at radius 2 is 1.89 bits per heavy atom. The number of hydrogen-bond acceptors (Lipinski definition) is 1. The minimum absolute atomic E-state index is 0.0662. The van der Waals surface area contributed by atoms with Gasteiger partial charge >= 0.3 is 0 Å². The lowest BCUT2D eigenvalue weighted by molar-refractivity contribution is 0.414. The molecule has 2 aromatic carbocycles. The van der Waals surface area contributed by atoms with Crippen molar-refractivity contribution in [2.75, 3.05) is 7.11 Å². The maximum atomic E-state index is 13.6. The zero-order chi connectivity index (χ0) is 14.0. The normalized spacial score (nSPS) is 12.3. The molecule has 1 nitrogen and oxygen atoms in total. The van der Waals surface area contributed by atoms with Crippen LogP contribution in [0.1, 0.15) is 21.5 Å². The Morgan fingerprint density at radius 1 is 1.16 bits per heavy atom. The summed E-state index contributed by atoms with van der Waals surface area (Å²) in [6.07, 6.45) is 0. The molecule has 0 heterocycles. The Morgan fingerprint density at radius 3 is 2.53 bits per heavy atom. The second-order valence-electron chi connectivity index (χ2n) is 4.23. The van der Waals surface area contributed by atoms with Gasteiger partial charge < -0.3 is 4.74 Å². The lowest BCUT2D eigenvalue weighted by Gasteiger charge is -2.16. The molecule has 0 saturated carbocycles. The summed E-state index contributed by atoms with van der Waals surface area (Å²) in [4.78, 5) is -0.0662. The van der Waals surface area contributed by atoms with Gasteiger partial charge in [0.25, 0.3) is 0 Å². The summed E-state index contributed by atoms with van der Waals surface area (Å²) in [5.74, 6) is 0.562. The Hall–Kier alpha value is -0.870. The fourth-order valence-electron chi connectivity index (χ4n) is 1.94. The van der Waals surface area contributed by atoms with E-state index in [2.05, 4.69) is 31.9 Å². The highest BCUT2D eigenvalue weighted by Gasteiger charge is 2.17. The minimum atomic E-state index is -0.256. The summed E-state index contributed by atoms with van der Waals surface area (Å²) < 4.78 is 19.3. The molecule has 0 aromatic heterocycles. The van der Waals surface area contributed by atoms with Crippen LogP contribution in [0.25, 0.3) is 0 Å². The molecule has 1 unspecified atom stereocenters. The lowest BCUT2D eigenvalue weighted by atomic mass is 10.00. The molecule has 0 saturated heterocycles. The van der Waals surface area contributed by atoms with Crippen LogP contribution in [-0.4, -0.2) is 7.11 Å².